The predicted molar refractivity (Wildman–Crippen MR) is 163 cm³/mol. The van der Waals surface area contributed by atoms with Gasteiger partial charge >= 0.3 is 24.3 Å². The summed E-state index contributed by atoms with van der Waals surface area (Å²) in [7, 11) is -3.36. The molecule has 1 heterocycles. The van der Waals surface area contributed by atoms with Crippen molar-refractivity contribution in [3.63, 3.8) is 0 Å². The second-order valence-electron chi connectivity index (χ2n) is 10.6. The minimum absolute atomic E-state index is 0.136. The number of rotatable bonds is 7. The molecule has 1 saturated heterocycles. The van der Waals surface area contributed by atoms with E-state index in [-0.39, 0.29) is 10.8 Å². The minimum atomic E-state index is -5.08. The van der Waals surface area contributed by atoms with Crippen molar-refractivity contribution >= 4 is 27.7 Å². The lowest BCUT2D eigenvalue weighted by Crippen LogP contribution is -2.48. The summed E-state index contributed by atoms with van der Waals surface area (Å²) in [6, 6.07) is 23.4. The number of hydrogen-bond acceptors (Lipinski definition) is 7. The zero-order valence-electron chi connectivity index (χ0n) is 25.6. The number of halogens is 6. The van der Waals surface area contributed by atoms with Crippen LogP contribution in [0.5, 0.6) is 0 Å². The Morgan fingerprint density at radius 1 is 0.854 bits per heavy atom. The van der Waals surface area contributed by atoms with E-state index in [1.54, 1.807) is 12.1 Å². The third kappa shape index (κ3) is 13.7. The Labute approximate surface area is 272 Å². The van der Waals surface area contributed by atoms with Crippen LogP contribution in [0.15, 0.2) is 77.7 Å². The molecule has 0 radical (unpaired) electrons. The second-order valence-corrected chi connectivity index (χ2v) is 12.6. The van der Waals surface area contributed by atoms with Crippen LogP contribution in [0.4, 0.5) is 26.3 Å². The van der Waals surface area contributed by atoms with Crippen LogP contribution in [0, 0.1) is 0 Å². The van der Waals surface area contributed by atoms with Gasteiger partial charge in [0.05, 0.1) is 4.90 Å². The summed E-state index contributed by atoms with van der Waals surface area (Å²) in [4.78, 5) is 33.0. The largest absolute Gasteiger partial charge is 0.490 e. The van der Waals surface area contributed by atoms with E-state index in [0.29, 0.717) is 18.2 Å². The number of benzene rings is 3. The zero-order chi connectivity index (χ0) is 36.3. The van der Waals surface area contributed by atoms with Gasteiger partial charge in [-0.15, -0.1) is 0 Å². The molecular formula is C31H33F6N3O7S. The second kappa shape index (κ2) is 17.1. The van der Waals surface area contributed by atoms with Crippen molar-refractivity contribution in [2.24, 2.45) is 0 Å². The normalized spacial score (nSPS) is 15.2. The lowest BCUT2D eigenvalue weighted by Gasteiger charge is -2.31. The first-order valence-corrected chi connectivity index (χ1v) is 15.9. The molecule has 4 rings (SSSR count). The van der Waals surface area contributed by atoms with Gasteiger partial charge in [-0.3, -0.25) is 9.69 Å². The van der Waals surface area contributed by atoms with Crippen molar-refractivity contribution in [3.05, 3.63) is 89.5 Å². The Balaban J connectivity index is 0.000000479. The first-order valence-electron chi connectivity index (χ1n) is 14.0. The van der Waals surface area contributed by atoms with Gasteiger partial charge in [-0.25, -0.2) is 18.0 Å². The fourth-order valence-electron chi connectivity index (χ4n) is 4.28. The molecule has 1 fully saturated rings. The van der Waals surface area contributed by atoms with E-state index in [1.807, 2.05) is 12.1 Å². The van der Waals surface area contributed by atoms with Gasteiger partial charge in [0.15, 0.2) is 9.84 Å². The maximum absolute atomic E-state index is 12.6. The van der Waals surface area contributed by atoms with E-state index < -0.39 is 34.1 Å². The van der Waals surface area contributed by atoms with Crippen LogP contribution in [0.25, 0.3) is 11.1 Å². The van der Waals surface area contributed by atoms with E-state index in [4.69, 9.17) is 19.8 Å². The quantitative estimate of drug-likeness (QED) is 0.255. The number of sulfone groups is 1. The van der Waals surface area contributed by atoms with Crippen LogP contribution in [0.3, 0.4) is 0 Å². The Morgan fingerprint density at radius 3 is 1.85 bits per heavy atom. The van der Waals surface area contributed by atoms with E-state index >= 15 is 0 Å². The summed E-state index contributed by atoms with van der Waals surface area (Å²) in [5.41, 5.74) is 4.84. The Hall–Kier alpha value is -4.48. The first-order chi connectivity index (χ1) is 22.2. The number of hydrogen-bond donors (Lipinski definition) is 4. The van der Waals surface area contributed by atoms with Gasteiger partial charge in [0.25, 0.3) is 5.91 Å². The third-order valence-corrected chi connectivity index (χ3v) is 7.62. The molecule has 1 aliphatic rings. The minimum Gasteiger partial charge on any atom is -0.475 e. The van der Waals surface area contributed by atoms with Gasteiger partial charge in [-0.05, 0) is 59.5 Å². The Morgan fingerprint density at radius 2 is 1.35 bits per heavy atom. The van der Waals surface area contributed by atoms with Crippen molar-refractivity contribution in [2.45, 2.75) is 43.3 Å². The van der Waals surface area contributed by atoms with Gasteiger partial charge in [-0.2, -0.15) is 26.3 Å². The highest BCUT2D eigenvalue weighted by Crippen LogP contribution is 2.23. The monoisotopic (exact) mass is 705 g/mol. The predicted octanol–water partition coefficient (Wildman–Crippen LogP) is 4.75. The molecule has 10 nitrogen and oxygen atoms in total. The van der Waals surface area contributed by atoms with Crippen LogP contribution >= 0.6 is 0 Å². The molecule has 1 unspecified atom stereocenters. The average molecular weight is 706 g/mol. The maximum Gasteiger partial charge on any atom is 0.490 e. The molecule has 0 aromatic heterocycles. The van der Waals surface area contributed by atoms with Gasteiger partial charge < -0.3 is 20.8 Å². The third-order valence-electron chi connectivity index (χ3n) is 6.51. The standard InChI is InChI=1S/C27H31N3O3S.2C2HF3O2/c1-20-18-30(13-12-28-20)19-22-7-4-9-24(15-22)23-8-3-6-21(14-23)17-29-27(31)25-10-5-11-26(16-25)34(2,32)33;2*3-2(4,5)1(6)7/h3-11,14-16,20,28H,12-13,17-19H2,1-2H3,(H,29,31);2*(H,6,7). The number of aliphatic carboxylic acids is 2. The highest BCUT2D eigenvalue weighted by molar-refractivity contribution is 7.90. The molecule has 262 valence electrons. The molecule has 17 heteroatoms. The fraction of sp³-hybridized carbons (Fsp3) is 0.323. The van der Waals surface area contributed by atoms with E-state index in [9.17, 15) is 39.6 Å². The molecule has 1 atom stereocenters. The van der Waals surface area contributed by atoms with Gasteiger partial charge in [0.2, 0.25) is 0 Å². The topological polar surface area (TPSA) is 153 Å². The van der Waals surface area contributed by atoms with Crippen molar-refractivity contribution in [3.8, 4) is 11.1 Å². The Bertz CT molecular complexity index is 1660. The molecule has 48 heavy (non-hydrogen) atoms. The molecule has 0 saturated carbocycles. The van der Waals surface area contributed by atoms with Crippen LogP contribution in [-0.2, 0) is 32.5 Å². The van der Waals surface area contributed by atoms with Crippen molar-refractivity contribution < 1.29 is 59.4 Å². The molecule has 0 spiro atoms. The van der Waals surface area contributed by atoms with Gasteiger partial charge in [0.1, 0.15) is 0 Å². The molecular weight excluding hydrogens is 672 g/mol. The number of nitrogens with zero attached hydrogens (tertiary/aromatic N) is 1. The molecule has 0 aliphatic carbocycles. The lowest BCUT2D eigenvalue weighted by molar-refractivity contribution is -0.193. The van der Waals surface area contributed by atoms with E-state index in [1.165, 1.54) is 17.7 Å². The summed E-state index contributed by atoms with van der Waals surface area (Å²) in [5, 5.41) is 20.6. The van der Waals surface area contributed by atoms with Crippen LogP contribution in [0.1, 0.15) is 28.4 Å². The molecule has 4 N–H and O–H groups in total. The molecule has 3 aromatic carbocycles. The Kier molecular flexibility index (Phi) is 14.1. The van der Waals surface area contributed by atoms with Gasteiger partial charge in [-0.1, -0.05) is 42.5 Å². The zero-order valence-corrected chi connectivity index (χ0v) is 26.4. The van der Waals surface area contributed by atoms with Crippen LogP contribution < -0.4 is 10.6 Å². The summed E-state index contributed by atoms with van der Waals surface area (Å²) in [6.45, 7) is 6.63. The molecule has 3 aromatic rings. The summed E-state index contributed by atoms with van der Waals surface area (Å²) in [5.74, 6) is -5.82. The maximum atomic E-state index is 12.6. The molecule has 1 amide bonds. The number of alkyl halides is 6. The number of piperazine rings is 1. The summed E-state index contributed by atoms with van der Waals surface area (Å²) in [6.07, 6.45) is -9.03. The highest BCUT2D eigenvalue weighted by atomic mass is 32.2. The first kappa shape index (κ1) is 39.7. The molecule has 1 aliphatic heterocycles. The van der Waals surface area contributed by atoms with Crippen molar-refractivity contribution in [1.29, 1.82) is 0 Å². The summed E-state index contributed by atoms with van der Waals surface area (Å²) >= 11 is 0. The van der Waals surface area contributed by atoms with Crippen LogP contribution in [-0.4, -0.2) is 85.7 Å². The van der Waals surface area contributed by atoms with Crippen molar-refractivity contribution in [2.75, 3.05) is 25.9 Å². The number of nitrogens with one attached hydrogen (secondary N) is 2. The highest BCUT2D eigenvalue weighted by Gasteiger charge is 2.38. The lowest BCUT2D eigenvalue weighted by atomic mass is 10.0. The average Bonchev–Trinajstić information content (AvgIpc) is 2.99. The van der Waals surface area contributed by atoms with E-state index in [0.717, 1.165) is 49.1 Å². The van der Waals surface area contributed by atoms with Gasteiger partial charge in [0, 0.05) is 50.6 Å². The number of amides is 1. The smallest absolute Gasteiger partial charge is 0.475 e. The van der Waals surface area contributed by atoms with Crippen molar-refractivity contribution in [1.82, 2.24) is 15.5 Å². The van der Waals surface area contributed by atoms with E-state index in [2.05, 4.69) is 58.9 Å². The number of carboxylic acid groups (broad SMARTS) is 2. The number of carbonyl (C=O) groups is 3. The fourth-order valence-corrected chi connectivity index (χ4v) is 4.94. The van der Waals surface area contributed by atoms with Crippen LogP contribution in [0.2, 0.25) is 0 Å². The number of carbonyl (C=O) groups excluding carboxylic acids is 1. The SMILES string of the molecule is CC1CN(Cc2cccc(-c3cccc(CNC(=O)c4cccc(S(C)(=O)=O)c4)c3)c2)CCN1.O=C(O)C(F)(F)F.O=C(O)C(F)(F)F. The number of carboxylic acids is 2. The summed E-state index contributed by atoms with van der Waals surface area (Å²) < 4.78 is 87.0. The molecule has 0 bridgehead atoms.